The van der Waals surface area contributed by atoms with E-state index in [-0.39, 0.29) is 17.6 Å². The zero-order valence-corrected chi connectivity index (χ0v) is 19.3. The molecule has 0 aliphatic carbocycles. The molecule has 0 bridgehead atoms. The quantitative estimate of drug-likeness (QED) is 0.446. The van der Waals surface area contributed by atoms with Gasteiger partial charge in [0.2, 0.25) is 0 Å². The van der Waals surface area contributed by atoms with Gasteiger partial charge in [-0.1, -0.05) is 31.2 Å². The van der Waals surface area contributed by atoms with Gasteiger partial charge in [0.15, 0.2) is 0 Å². The molecule has 2 heterocycles. The molecular weight excluding hydrogens is 439 g/mol. The summed E-state index contributed by atoms with van der Waals surface area (Å²) in [4.78, 5) is 12.9. The van der Waals surface area contributed by atoms with Crippen LogP contribution in [0.4, 0.5) is 10.1 Å². The topological polar surface area (TPSA) is 62.6 Å². The molecule has 5 nitrogen and oxygen atoms in total. The van der Waals surface area contributed by atoms with Gasteiger partial charge in [0.1, 0.15) is 28.1 Å². The lowest BCUT2D eigenvalue weighted by atomic mass is 9.89. The third-order valence-electron chi connectivity index (χ3n) is 6.28. The Kier molecular flexibility index (Phi) is 5.29. The van der Waals surface area contributed by atoms with Crippen LogP contribution in [-0.2, 0) is 17.5 Å². The van der Waals surface area contributed by atoms with Crippen LogP contribution in [0.5, 0.6) is 0 Å². The van der Waals surface area contributed by atoms with E-state index in [0.717, 1.165) is 22.4 Å². The summed E-state index contributed by atoms with van der Waals surface area (Å²) in [6, 6.07) is 17.9. The number of halogens is 1. The second kappa shape index (κ2) is 8.15. The highest BCUT2D eigenvalue weighted by molar-refractivity contribution is 7.85. The molecule has 1 aliphatic rings. The van der Waals surface area contributed by atoms with Crippen LogP contribution in [0.2, 0.25) is 0 Å². The predicted molar refractivity (Wildman–Crippen MR) is 129 cm³/mol. The molecular formula is C26H23FN2O3S. The lowest BCUT2D eigenvalue weighted by molar-refractivity contribution is 0.0964. The van der Waals surface area contributed by atoms with Crippen LogP contribution >= 0.6 is 0 Å². The van der Waals surface area contributed by atoms with Crippen LogP contribution in [-0.4, -0.2) is 23.4 Å². The number of carbonyl (C=O) groups excluding carboxylic acids is 1. The number of amides is 1. The maximum absolute atomic E-state index is 13.5. The second-order valence-corrected chi connectivity index (χ2v) is 9.47. The summed E-state index contributed by atoms with van der Waals surface area (Å²) in [7, 11) is 0.303. The number of carbonyl (C=O) groups is 1. The molecule has 7 heteroatoms. The van der Waals surface area contributed by atoms with Crippen molar-refractivity contribution in [2.75, 3.05) is 17.6 Å². The smallest absolute Gasteiger partial charge is 0.255 e. The van der Waals surface area contributed by atoms with Crippen LogP contribution in [0.1, 0.15) is 39.9 Å². The normalized spacial score (nSPS) is 16.1. The summed E-state index contributed by atoms with van der Waals surface area (Å²) in [6.45, 7) is 2.63. The Morgan fingerprint density at radius 2 is 1.85 bits per heavy atom. The first kappa shape index (κ1) is 21.4. The summed E-state index contributed by atoms with van der Waals surface area (Å²) < 4.78 is 34.3. The van der Waals surface area contributed by atoms with Gasteiger partial charge in [0, 0.05) is 36.2 Å². The average molecular weight is 463 g/mol. The van der Waals surface area contributed by atoms with E-state index in [9.17, 15) is 13.4 Å². The summed E-state index contributed by atoms with van der Waals surface area (Å²) in [6.07, 6.45) is 1.66. The number of anilines is 1. The fourth-order valence-electron chi connectivity index (χ4n) is 4.60. The minimum absolute atomic E-state index is 0.0239. The first-order chi connectivity index (χ1) is 15.9. The number of rotatable bonds is 3. The van der Waals surface area contributed by atoms with Gasteiger partial charge in [-0.25, -0.2) is 8.60 Å². The first-order valence-electron chi connectivity index (χ1n) is 10.7. The molecule has 1 amide bonds. The molecule has 5 rings (SSSR count). The minimum atomic E-state index is -1.27. The zero-order chi connectivity index (χ0) is 23.3. The van der Waals surface area contributed by atoms with Crippen LogP contribution in [0.3, 0.4) is 0 Å². The first-order valence-corrected chi connectivity index (χ1v) is 12.2. The summed E-state index contributed by atoms with van der Waals surface area (Å²) in [5.74, 6) is -0.250. The third kappa shape index (κ3) is 3.53. The van der Waals surface area contributed by atoms with Gasteiger partial charge in [-0.2, -0.15) is 0 Å². The number of nitrogens with one attached hydrogen (secondary N) is 1. The molecule has 1 aromatic heterocycles. The zero-order valence-electron chi connectivity index (χ0n) is 18.5. The van der Waals surface area contributed by atoms with Crippen molar-refractivity contribution in [3.63, 3.8) is 0 Å². The van der Waals surface area contributed by atoms with Gasteiger partial charge < -0.3 is 9.73 Å². The van der Waals surface area contributed by atoms with Crippen LogP contribution in [0, 0.1) is 5.82 Å². The fraction of sp³-hybridized carbons (Fsp3) is 0.192. The molecule has 3 aromatic carbocycles. The van der Waals surface area contributed by atoms with Crippen molar-refractivity contribution in [1.29, 1.82) is 0 Å². The van der Waals surface area contributed by atoms with Gasteiger partial charge >= 0.3 is 0 Å². The van der Waals surface area contributed by atoms with Crippen molar-refractivity contribution < 1.29 is 17.8 Å². The lowest BCUT2D eigenvalue weighted by Gasteiger charge is -2.22. The molecule has 4 aromatic rings. The molecule has 33 heavy (non-hydrogen) atoms. The van der Waals surface area contributed by atoms with Gasteiger partial charge in [-0.15, -0.1) is 0 Å². The Morgan fingerprint density at radius 3 is 2.55 bits per heavy atom. The molecule has 1 unspecified atom stereocenters. The Balaban J connectivity index is 1.81. The number of nitrogens with zero attached hydrogens (tertiary/aromatic N) is 1. The van der Waals surface area contributed by atoms with E-state index < -0.39 is 11.0 Å². The van der Waals surface area contributed by atoms with Crippen LogP contribution in [0.25, 0.3) is 22.3 Å². The molecule has 2 atom stereocenters. The average Bonchev–Trinajstić information content (AvgIpc) is 3.14. The number of furan rings is 1. The molecule has 1 N–H and O–H groups in total. The number of fused-ring (bicyclic) bond motifs is 3. The highest BCUT2D eigenvalue weighted by Crippen LogP contribution is 2.44. The van der Waals surface area contributed by atoms with E-state index in [1.807, 2.05) is 28.6 Å². The fourth-order valence-corrected chi connectivity index (χ4v) is 5.36. The molecule has 0 spiro atoms. The third-order valence-corrected chi connectivity index (χ3v) is 7.23. The van der Waals surface area contributed by atoms with E-state index in [4.69, 9.17) is 4.42 Å². The molecule has 1 aliphatic heterocycles. The molecule has 0 radical (unpaired) electrons. The van der Waals surface area contributed by atoms with Crippen molar-refractivity contribution in [1.82, 2.24) is 5.32 Å². The van der Waals surface area contributed by atoms with Crippen molar-refractivity contribution in [3.05, 3.63) is 88.7 Å². The summed E-state index contributed by atoms with van der Waals surface area (Å²) in [5, 5.41) is 3.36. The Morgan fingerprint density at radius 1 is 1.12 bits per heavy atom. The highest BCUT2D eigenvalue weighted by atomic mass is 32.2. The van der Waals surface area contributed by atoms with E-state index in [0.29, 0.717) is 34.4 Å². The van der Waals surface area contributed by atoms with Crippen molar-refractivity contribution in [2.45, 2.75) is 19.4 Å². The number of hydrogen-bond donors (Lipinski definition) is 1. The number of hydrogen-bond acceptors (Lipinski definition) is 3. The predicted octanol–water partition coefficient (Wildman–Crippen LogP) is 5.36. The van der Waals surface area contributed by atoms with Gasteiger partial charge in [0.05, 0.1) is 17.8 Å². The van der Waals surface area contributed by atoms with Crippen LogP contribution < -0.4 is 9.62 Å². The second-order valence-electron chi connectivity index (χ2n) is 8.18. The van der Waals surface area contributed by atoms with Gasteiger partial charge in [0.25, 0.3) is 5.91 Å². The molecule has 0 saturated carbocycles. The van der Waals surface area contributed by atoms with E-state index in [1.54, 1.807) is 25.4 Å². The van der Waals surface area contributed by atoms with Crippen LogP contribution in [0.15, 0.2) is 65.1 Å². The standard InChI is InChI=1S/C26H23FN2O3S/c1-15-19-7-5-4-6-17(19)14-29(33(3)31)22-13-23-21(12-20(15)22)24(26(30)28-2)25(32-23)16-8-10-18(27)11-9-16/h4-13,15H,14H2,1-3H3,(H,28,30)/t15-,33?/m0/s1. The SMILES string of the molecule is CNC(=O)c1c(-c2ccc(F)cc2)oc2cc3c(cc12)[C@@H](C)c1ccccc1CN3S(C)=O. The van der Waals surface area contributed by atoms with E-state index in [2.05, 4.69) is 24.4 Å². The lowest BCUT2D eigenvalue weighted by Crippen LogP contribution is -2.24. The molecule has 0 saturated heterocycles. The number of benzene rings is 3. The Hall–Kier alpha value is -3.45. The maximum Gasteiger partial charge on any atom is 0.255 e. The minimum Gasteiger partial charge on any atom is -0.455 e. The van der Waals surface area contributed by atoms with Gasteiger partial charge in [-0.3, -0.25) is 9.10 Å². The molecule has 0 fully saturated rings. The molecule has 168 valence electrons. The Bertz CT molecular complexity index is 1410. The van der Waals surface area contributed by atoms with Crippen molar-refractivity contribution in [3.8, 4) is 11.3 Å². The summed E-state index contributed by atoms with van der Waals surface area (Å²) in [5.41, 5.74) is 5.59. The largest absolute Gasteiger partial charge is 0.455 e. The maximum atomic E-state index is 13.5. The monoisotopic (exact) mass is 462 g/mol. The van der Waals surface area contributed by atoms with Crippen molar-refractivity contribution in [2.24, 2.45) is 0 Å². The van der Waals surface area contributed by atoms with Crippen molar-refractivity contribution >= 4 is 33.5 Å². The van der Waals surface area contributed by atoms with E-state index in [1.165, 1.54) is 12.1 Å². The Labute approximate surface area is 193 Å². The van der Waals surface area contributed by atoms with Gasteiger partial charge in [-0.05, 0) is 47.0 Å². The highest BCUT2D eigenvalue weighted by Gasteiger charge is 2.30. The summed E-state index contributed by atoms with van der Waals surface area (Å²) >= 11 is 0. The van der Waals surface area contributed by atoms with E-state index >= 15 is 0 Å².